The van der Waals surface area contributed by atoms with Gasteiger partial charge in [0.2, 0.25) is 5.88 Å². The van der Waals surface area contributed by atoms with E-state index >= 15 is 0 Å². The quantitative estimate of drug-likeness (QED) is 0.562. The summed E-state index contributed by atoms with van der Waals surface area (Å²) in [5, 5.41) is 3.36. The van der Waals surface area contributed by atoms with E-state index < -0.39 is 0 Å². The maximum atomic E-state index is 12.4. The van der Waals surface area contributed by atoms with Gasteiger partial charge in [0.1, 0.15) is 11.5 Å². The number of amides is 1. The lowest BCUT2D eigenvalue weighted by atomic mass is 10.2. The Morgan fingerprint density at radius 2 is 1.85 bits per heavy atom. The standard InChI is InChI=1S/C20H16BrClN2O3/c1-26-15-3-5-16(6-4-15)27-19-10-13(8-9-23-19)12-24-20(25)17-11-14(22)2-7-18(17)21/h2-11H,12H2,1H3,(H,24,25). The molecule has 0 aliphatic heterocycles. The van der Waals surface area contributed by atoms with Crippen molar-refractivity contribution in [2.75, 3.05) is 7.11 Å². The van der Waals surface area contributed by atoms with Crippen molar-refractivity contribution >= 4 is 33.4 Å². The van der Waals surface area contributed by atoms with Crippen molar-refractivity contribution < 1.29 is 14.3 Å². The van der Waals surface area contributed by atoms with Crippen LogP contribution in [-0.4, -0.2) is 18.0 Å². The number of hydrogen-bond donors (Lipinski definition) is 1. The zero-order valence-corrected chi connectivity index (χ0v) is 16.8. The van der Waals surface area contributed by atoms with Crippen molar-refractivity contribution in [3.05, 3.63) is 81.4 Å². The van der Waals surface area contributed by atoms with Gasteiger partial charge < -0.3 is 14.8 Å². The Morgan fingerprint density at radius 1 is 1.11 bits per heavy atom. The van der Waals surface area contributed by atoms with Crippen LogP contribution in [0.3, 0.4) is 0 Å². The lowest BCUT2D eigenvalue weighted by molar-refractivity contribution is 0.0950. The number of ether oxygens (including phenoxy) is 2. The van der Waals surface area contributed by atoms with Crippen LogP contribution >= 0.6 is 27.5 Å². The Labute approximate surface area is 170 Å². The summed E-state index contributed by atoms with van der Waals surface area (Å²) in [6, 6.07) is 15.9. The van der Waals surface area contributed by atoms with Crippen LogP contribution in [0.5, 0.6) is 17.4 Å². The molecule has 27 heavy (non-hydrogen) atoms. The number of nitrogens with zero attached hydrogens (tertiary/aromatic N) is 1. The van der Waals surface area contributed by atoms with Crippen LogP contribution in [0.2, 0.25) is 5.02 Å². The molecular formula is C20H16BrClN2O3. The van der Waals surface area contributed by atoms with Gasteiger partial charge in [-0.15, -0.1) is 0 Å². The molecule has 0 atom stereocenters. The number of hydrogen-bond acceptors (Lipinski definition) is 4. The second-order valence-corrected chi connectivity index (χ2v) is 6.88. The van der Waals surface area contributed by atoms with Crippen LogP contribution in [0.4, 0.5) is 0 Å². The third-order valence-corrected chi connectivity index (χ3v) is 4.63. The number of carbonyl (C=O) groups is 1. The summed E-state index contributed by atoms with van der Waals surface area (Å²) in [5.74, 6) is 1.61. The number of carbonyl (C=O) groups excluding carboxylic acids is 1. The highest BCUT2D eigenvalue weighted by Gasteiger charge is 2.11. The third-order valence-electron chi connectivity index (χ3n) is 3.71. The SMILES string of the molecule is COc1ccc(Oc2cc(CNC(=O)c3cc(Cl)ccc3Br)ccn2)cc1. The summed E-state index contributed by atoms with van der Waals surface area (Å²) in [5.41, 5.74) is 1.34. The van der Waals surface area contributed by atoms with Gasteiger partial charge in [-0.2, -0.15) is 0 Å². The second kappa shape index (κ2) is 8.88. The number of methoxy groups -OCH3 is 1. The maximum Gasteiger partial charge on any atom is 0.252 e. The number of nitrogens with one attached hydrogen (secondary N) is 1. The van der Waals surface area contributed by atoms with Gasteiger partial charge in [-0.25, -0.2) is 4.98 Å². The molecule has 0 saturated heterocycles. The molecule has 0 aliphatic carbocycles. The molecule has 0 fully saturated rings. The first-order valence-corrected chi connectivity index (χ1v) is 9.22. The summed E-state index contributed by atoms with van der Waals surface area (Å²) < 4.78 is 11.5. The fourth-order valence-corrected chi connectivity index (χ4v) is 2.93. The zero-order valence-electron chi connectivity index (χ0n) is 14.4. The smallest absolute Gasteiger partial charge is 0.252 e. The summed E-state index contributed by atoms with van der Waals surface area (Å²) in [4.78, 5) is 16.6. The maximum absolute atomic E-state index is 12.4. The molecule has 0 aliphatic rings. The van der Waals surface area contributed by atoms with E-state index in [2.05, 4.69) is 26.2 Å². The van der Waals surface area contributed by atoms with E-state index in [1.165, 1.54) is 0 Å². The molecule has 1 N–H and O–H groups in total. The Kier molecular flexibility index (Phi) is 6.32. The molecule has 138 valence electrons. The number of rotatable bonds is 6. The van der Waals surface area contributed by atoms with Crippen molar-refractivity contribution in [3.63, 3.8) is 0 Å². The number of benzene rings is 2. The van der Waals surface area contributed by atoms with Gasteiger partial charge in [0.05, 0.1) is 12.7 Å². The molecule has 1 aromatic heterocycles. The molecule has 2 aromatic carbocycles. The molecule has 0 bridgehead atoms. The van der Waals surface area contributed by atoms with Crippen LogP contribution in [0.1, 0.15) is 15.9 Å². The summed E-state index contributed by atoms with van der Waals surface area (Å²) >= 11 is 9.32. The molecule has 0 spiro atoms. The molecule has 0 radical (unpaired) electrons. The zero-order chi connectivity index (χ0) is 19.2. The minimum atomic E-state index is -0.223. The van der Waals surface area contributed by atoms with Crippen molar-refractivity contribution in [3.8, 4) is 17.4 Å². The van der Waals surface area contributed by atoms with Gasteiger partial charge in [-0.05, 0) is 70.0 Å². The fraction of sp³-hybridized carbons (Fsp3) is 0.100. The van der Waals surface area contributed by atoms with Crippen molar-refractivity contribution in [2.45, 2.75) is 6.54 Å². The predicted octanol–water partition coefficient (Wildman–Crippen LogP) is 5.23. The lowest BCUT2D eigenvalue weighted by Crippen LogP contribution is -2.23. The van der Waals surface area contributed by atoms with E-state index in [1.807, 2.05) is 18.2 Å². The molecule has 0 saturated carbocycles. The highest BCUT2D eigenvalue weighted by atomic mass is 79.9. The van der Waals surface area contributed by atoms with Crippen molar-refractivity contribution in [1.82, 2.24) is 10.3 Å². The number of pyridine rings is 1. The highest BCUT2D eigenvalue weighted by molar-refractivity contribution is 9.10. The van der Waals surface area contributed by atoms with Crippen LogP contribution < -0.4 is 14.8 Å². The van der Waals surface area contributed by atoms with E-state index in [0.29, 0.717) is 33.2 Å². The molecule has 7 heteroatoms. The fourth-order valence-electron chi connectivity index (χ4n) is 2.33. The number of halogens is 2. The van der Waals surface area contributed by atoms with Crippen LogP contribution in [-0.2, 0) is 6.54 Å². The van der Waals surface area contributed by atoms with Crippen LogP contribution in [0.15, 0.2) is 65.3 Å². The van der Waals surface area contributed by atoms with Crippen molar-refractivity contribution in [2.24, 2.45) is 0 Å². The summed E-state index contributed by atoms with van der Waals surface area (Å²) in [6.45, 7) is 0.333. The predicted molar refractivity (Wildman–Crippen MR) is 108 cm³/mol. The second-order valence-electron chi connectivity index (χ2n) is 5.59. The van der Waals surface area contributed by atoms with E-state index in [0.717, 1.165) is 11.3 Å². The summed E-state index contributed by atoms with van der Waals surface area (Å²) in [7, 11) is 1.61. The molecule has 3 rings (SSSR count). The average Bonchev–Trinajstić information content (AvgIpc) is 2.69. The largest absolute Gasteiger partial charge is 0.497 e. The summed E-state index contributed by atoms with van der Waals surface area (Å²) in [6.07, 6.45) is 1.63. The third kappa shape index (κ3) is 5.21. The molecule has 0 unspecified atom stereocenters. The van der Waals surface area contributed by atoms with E-state index in [-0.39, 0.29) is 5.91 Å². The minimum absolute atomic E-state index is 0.223. The van der Waals surface area contributed by atoms with E-state index in [9.17, 15) is 4.79 Å². The lowest BCUT2D eigenvalue weighted by Gasteiger charge is -2.09. The van der Waals surface area contributed by atoms with Gasteiger partial charge in [0.15, 0.2) is 0 Å². The normalized spacial score (nSPS) is 10.3. The van der Waals surface area contributed by atoms with Gasteiger partial charge in [0, 0.05) is 28.3 Å². The molecule has 5 nitrogen and oxygen atoms in total. The Balaban J connectivity index is 1.65. The van der Waals surface area contributed by atoms with E-state index in [4.69, 9.17) is 21.1 Å². The molecular weight excluding hydrogens is 432 g/mol. The average molecular weight is 448 g/mol. The molecule has 1 heterocycles. The van der Waals surface area contributed by atoms with Gasteiger partial charge in [-0.1, -0.05) is 11.6 Å². The van der Waals surface area contributed by atoms with Crippen LogP contribution in [0.25, 0.3) is 0 Å². The Hall–Kier alpha value is -2.57. The first-order valence-electron chi connectivity index (χ1n) is 8.05. The minimum Gasteiger partial charge on any atom is -0.497 e. The Morgan fingerprint density at radius 3 is 2.59 bits per heavy atom. The Bertz CT molecular complexity index is 948. The van der Waals surface area contributed by atoms with Gasteiger partial charge in [-0.3, -0.25) is 4.79 Å². The number of aromatic nitrogens is 1. The van der Waals surface area contributed by atoms with Gasteiger partial charge >= 0.3 is 0 Å². The molecule has 1 amide bonds. The molecule has 3 aromatic rings. The monoisotopic (exact) mass is 446 g/mol. The van der Waals surface area contributed by atoms with E-state index in [1.54, 1.807) is 49.7 Å². The first-order chi connectivity index (χ1) is 13.0. The topological polar surface area (TPSA) is 60.5 Å². The van der Waals surface area contributed by atoms with Gasteiger partial charge in [0.25, 0.3) is 5.91 Å². The van der Waals surface area contributed by atoms with Crippen molar-refractivity contribution in [1.29, 1.82) is 0 Å². The van der Waals surface area contributed by atoms with Crippen LogP contribution in [0, 0.1) is 0 Å². The highest BCUT2D eigenvalue weighted by Crippen LogP contribution is 2.23. The first kappa shape index (κ1) is 19.2.